The SMILES string of the molecule is CCCNc1ccc(C(=O)Nc2ccc(OCC)cc2)nc1. The molecule has 5 heteroatoms. The van der Waals surface area contributed by atoms with Gasteiger partial charge in [0.2, 0.25) is 0 Å². The molecule has 0 saturated heterocycles. The van der Waals surface area contributed by atoms with Crippen molar-refractivity contribution in [3.05, 3.63) is 48.3 Å². The number of amides is 1. The Morgan fingerprint density at radius 1 is 1.09 bits per heavy atom. The first-order chi connectivity index (χ1) is 10.7. The van der Waals surface area contributed by atoms with Crippen LogP contribution >= 0.6 is 0 Å². The number of hydrogen-bond acceptors (Lipinski definition) is 4. The van der Waals surface area contributed by atoms with Gasteiger partial charge in [-0.2, -0.15) is 0 Å². The van der Waals surface area contributed by atoms with Gasteiger partial charge in [0.15, 0.2) is 0 Å². The average Bonchev–Trinajstić information content (AvgIpc) is 2.55. The fourth-order valence-corrected chi connectivity index (χ4v) is 1.90. The van der Waals surface area contributed by atoms with E-state index in [-0.39, 0.29) is 5.91 Å². The molecule has 0 radical (unpaired) electrons. The van der Waals surface area contributed by atoms with Gasteiger partial charge in [0.05, 0.1) is 18.5 Å². The summed E-state index contributed by atoms with van der Waals surface area (Å²) in [6.45, 7) is 5.53. The summed E-state index contributed by atoms with van der Waals surface area (Å²) < 4.78 is 5.36. The molecule has 5 nitrogen and oxygen atoms in total. The van der Waals surface area contributed by atoms with Gasteiger partial charge >= 0.3 is 0 Å². The van der Waals surface area contributed by atoms with Crippen LogP contribution in [-0.2, 0) is 0 Å². The van der Waals surface area contributed by atoms with Crippen LogP contribution < -0.4 is 15.4 Å². The minimum atomic E-state index is -0.230. The largest absolute Gasteiger partial charge is 0.494 e. The molecule has 0 saturated carbocycles. The molecule has 2 N–H and O–H groups in total. The summed E-state index contributed by atoms with van der Waals surface area (Å²) in [5.74, 6) is 0.552. The quantitative estimate of drug-likeness (QED) is 0.820. The lowest BCUT2D eigenvalue weighted by Crippen LogP contribution is -2.13. The predicted molar refractivity (Wildman–Crippen MR) is 88.6 cm³/mol. The zero-order valence-electron chi connectivity index (χ0n) is 12.9. The molecule has 1 amide bonds. The lowest BCUT2D eigenvalue weighted by atomic mass is 10.2. The van der Waals surface area contributed by atoms with Crippen LogP contribution in [0.4, 0.5) is 11.4 Å². The van der Waals surface area contributed by atoms with Gasteiger partial charge in [-0.1, -0.05) is 6.92 Å². The standard InChI is InChI=1S/C17H21N3O2/c1-3-11-18-14-7-10-16(19-12-14)17(21)20-13-5-8-15(9-6-13)22-4-2/h5-10,12,18H,3-4,11H2,1-2H3,(H,20,21). The van der Waals surface area contributed by atoms with Crippen LogP contribution in [0, 0.1) is 0 Å². The lowest BCUT2D eigenvalue weighted by Gasteiger charge is -2.08. The molecule has 0 atom stereocenters. The second-order valence-electron chi connectivity index (χ2n) is 4.77. The summed E-state index contributed by atoms with van der Waals surface area (Å²) >= 11 is 0. The van der Waals surface area contributed by atoms with E-state index in [0.717, 1.165) is 24.4 Å². The van der Waals surface area contributed by atoms with Gasteiger partial charge in [-0.05, 0) is 49.7 Å². The van der Waals surface area contributed by atoms with E-state index >= 15 is 0 Å². The van der Waals surface area contributed by atoms with Crippen molar-refractivity contribution in [2.24, 2.45) is 0 Å². The molecule has 0 fully saturated rings. The molecule has 116 valence electrons. The van der Waals surface area contributed by atoms with E-state index < -0.39 is 0 Å². The number of hydrogen-bond donors (Lipinski definition) is 2. The molecule has 0 unspecified atom stereocenters. The van der Waals surface area contributed by atoms with Gasteiger partial charge in [-0.3, -0.25) is 4.79 Å². The summed E-state index contributed by atoms with van der Waals surface area (Å²) in [4.78, 5) is 16.3. The van der Waals surface area contributed by atoms with Gasteiger partial charge in [0, 0.05) is 12.2 Å². The number of pyridine rings is 1. The van der Waals surface area contributed by atoms with Crippen molar-refractivity contribution < 1.29 is 9.53 Å². The van der Waals surface area contributed by atoms with Crippen molar-refractivity contribution in [1.82, 2.24) is 4.98 Å². The van der Waals surface area contributed by atoms with Gasteiger partial charge in [0.1, 0.15) is 11.4 Å². The number of nitrogens with zero attached hydrogens (tertiary/aromatic N) is 1. The Morgan fingerprint density at radius 2 is 1.82 bits per heavy atom. The van der Waals surface area contributed by atoms with E-state index in [1.54, 1.807) is 24.4 Å². The first kappa shape index (κ1) is 15.8. The highest BCUT2D eigenvalue weighted by Crippen LogP contribution is 2.16. The number of anilines is 2. The van der Waals surface area contributed by atoms with Crippen LogP contribution in [0.3, 0.4) is 0 Å². The molecule has 1 aromatic carbocycles. The molecule has 0 aliphatic heterocycles. The van der Waals surface area contributed by atoms with Crippen LogP contribution in [0.15, 0.2) is 42.6 Å². The number of ether oxygens (including phenoxy) is 1. The minimum Gasteiger partial charge on any atom is -0.494 e. The van der Waals surface area contributed by atoms with Crippen molar-refractivity contribution in [2.75, 3.05) is 23.8 Å². The van der Waals surface area contributed by atoms with Crippen molar-refractivity contribution in [3.8, 4) is 5.75 Å². The maximum absolute atomic E-state index is 12.1. The number of benzene rings is 1. The fourth-order valence-electron chi connectivity index (χ4n) is 1.90. The van der Waals surface area contributed by atoms with E-state index in [2.05, 4.69) is 22.5 Å². The summed E-state index contributed by atoms with van der Waals surface area (Å²) in [7, 11) is 0. The Bertz CT molecular complexity index is 594. The van der Waals surface area contributed by atoms with Crippen molar-refractivity contribution in [1.29, 1.82) is 0 Å². The molecule has 0 aliphatic carbocycles. The summed E-state index contributed by atoms with van der Waals surface area (Å²) in [6, 6.07) is 10.8. The lowest BCUT2D eigenvalue weighted by molar-refractivity contribution is 0.102. The molecular weight excluding hydrogens is 278 g/mol. The number of nitrogens with one attached hydrogen (secondary N) is 2. The summed E-state index contributed by atoms with van der Waals surface area (Å²) in [6.07, 6.45) is 2.71. The molecule has 0 spiro atoms. The number of carbonyl (C=O) groups is 1. The van der Waals surface area contributed by atoms with Gasteiger partial charge < -0.3 is 15.4 Å². The van der Waals surface area contributed by atoms with E-state index in [0.29, 0.717) is 18.0 Å². The van der Waals surface area contributed by atoms with Crippen LogP contribution in [0.5, 0.6) is 5.75 Å². The predicted octanol–water partition coefficient (Wildman–Crippen LogP) is 3.55. The first-order valence-electron chi connectivity index (χ1n) is 7.47. The zero-order valence-corrected chi connectivity index (χ0v) is 12.9. The Kier molecular flexibility index (Phi) is 5.77. The molecule has 1 heterocycles. The van der Waals surface area contributed by atoms with Crippen molar-refractivity contribution >= 4 is 17.3 Å². The average molecular weight is 299 g/mol. The topological polar surface area (TPSA) is 63.2 Å². The minimum absolute atomic E-state index is 0.230. The van der Waals surface area contributed by atoms with Gasteiger partial charge in [0.25, 0.3) is 5.91 Å². The number of aromatic nitrogens is 1. The monoisotopic (exact) mass is 299 g/mol. The van der Waals surface area contributed by atoms with Crippen LogP contribution in [0.1, 0.15) is 30.8 Å². The van der Waals surface area contributed by atoms with Crippen LogP contribution in [-0.4, -0.2) is 24.0 Å². The summed E-state index contributed by atoms with van der Waals surface area (Å²) in [5, 5.41) is 6.03. The van der Waals surface area contributed by atoms with E-state index in [9.17, 15) is 4.79 Å². The zero-order chi connectivity index (χ0) is 15.8. The molecular formula is C17H21N3O2. The van der Waals surface area contributed by atoms with E-state index in [4.69, 9.17) is 4.74 Å². The van der Waals surface area contributed by atoms with Crippen LogP contribution in [0.25, 0.3) is 0 Å². The molecule has 1 aromatic heterocycles. The fraction of sp³-hybridized carbons (Fsp3) is 0.294. The molecule has 22 heavy (non-hydrogen) atoms. The first-order valence-corrected chi connectivity index (χ1v) is 7.47. The second kappa shape index (κ2) is 8.02. The third-order valence-electron chi connectivity index (χ3n) is 3.00. The third-order valence-corrected chi connectivity index (χ3v) is 3.00. The Balaban J connectivity index is 1.96. The maximum Gasteiger partial charge on any atom is 0.274 e. The summed E-state index contributed by atoms with van der Waals surface area (Å²) in [5.41, 5.74) is 2.01. The molecule has 0 bridgehead atoms. The van der Waals surface area contributed by atoms with Gasteiger partial charge in [-0.25, -0.2) is 4.98 Å². The second-order valence-corrected chi connectivity index (χ2v) is 4.77. The van der Waals surface area contributed by atoms with E-state index in [1.807, 2.05) is 25.1 Å². The van der Waals surface area contributed by atoms with Gasteiger partial charge in [-0.15, -0.1) is 0 Å². The molecule has 2 rings (SSSR count). The van der Waals surface area contributed by atoms with Crippen LogP contribution in [0.2, 0.25) is 0 Å². The normalized spacial score (nSPS) is 10.1. The highest BCUT2D eigenvalue weighted by molar-refractivity contribution is 6.02. The maximum atomic E-state index is 12.1. The van der Waals surface area contributed by atoms with E-state index in [1.165, 1.54) is 0 Å². The Hall–Kier alpha value is -2.56. The van der Waals surface area contributed by atoms with Crippen molar-refractivity contribution in [2.45, 2.75) is 20.3 Å². The number of carbonyl (C=O) groups excluding carboxylic acids is 1. The number of rotatable bonds is 7. The Morgan fingerprint density at radius 3 is 2.41 bits per heavy atom. The molecule has 2 aromatic rings. The molecule has 0 aliphatic rings. The third kappa shape index (κ3) is 4.48. The van der Waals surface area contributed by atoms with Crippen molar-refractivity contribution in [3.63, 3.8) is 0 Å². The smallest absolute Gasteiger partial charge is 0.274 e. The highest BCUT2D eigenvalue weighted by Gasteiger charge is 2.07. The highest BCUT2D eigenvalue weighted by atomic mass is 16.5. The Labute approximate surface area is 130 Å².